The first-order valence-electron chi connectivity index (χ1n) is 4.67. The molecule has 2 aromatic rings. The summed E-state index contributed by atoms with van der Waals surface area (Å²) < 4.78 is 1.98. The van der Waals surface area contributed by atoms with Crippen LogP contribution in [0.3, 0.4) is 0 Å². The van der Waals surface area contributed by atoms with Gasteiger partial charge >= 0.3 is 0 Å². The summed E-state index contributed by atoms with van der Waals surface area (Å²) in [7, 11) is 0. The van der Waals surface area contributed by atoms with Crippen molar-refractivity contribution in [3.05, 3.63) is 30.5 Å². The van der Waals surface area contributed by atoms with Gasteiger partial charge in [0.1, 0.15) is 0 Å². The third-order valence-electron chi connectivity index (χ3n) is 1.69. The largest absolute Gasteiger partial charge is 0.304 e. The lowest BCUT2D eigenvalue weighted by Crippen LogP contribution is -1.91. The van der Waals surface area contributed by atoms with Crippen molar-refractivity contribution in [1.29, 1.82) is 0 Å². The van der Waals surface area contributed by atoms with E-state index >= 15 is 0 Å². The van der Waals surface area contributed by atoms with Crippen LogP contribution in [0, 0.1) is 0 Å². The van der Waals surface area contributed by atoms with Crippen molar-refractivity contribution in [2.24, 2.45) is 0 Å². The van der Waals surface area contributed by atoms with Gasteiger partial charge in [0.15, 0.2) is 5.65 Å². The molecule has 0 bridgehead atoms. The predicted molar refractivity (Wildman–Crippen MR) is 53.7 cm³/mol. The first-order valence-corrected chi connectivity index (χ1v) is 4.67. The van der Waals surface area contributed by atoms with Crippen LogP contribution in [-0.2, 0) is 6.42 Å². The minimum atomic E-state index is 0.905. The summed E-state index contributed by atoms with van der Waals surface area (Å²) in [6.07, 6.45) is 8.46. The lowest BCUT2D eigenvalue weighted by Gasteiger charge is -1.95. The van der Waals surface area contributed by atoms with Gasteiger partial charge in [-0.25, -0.2) is 4.98 Å². The van der Waals surface area contributed by atoms with E-state index in [1.807, 2.05) is 30.6 Å². The van der Waals surface area contributed by atoms with E-state index in [-0.39, 0.29) is 0 Å². The molecular weight excluding hydrogens is 162 g/mol. The molecule has 3 heteroatoms. The zero-order valence-electron chi connectivity index (χ0n) is 8.36. The summed E-state index contributed by atoms with van der Waals surface area (Å²) >= 11 is 0. The number of hydrogen-bond acceptors (Lipinski definition) is 2. The quantitative estimate of drug-likeness (QED) is 0.669. The molecule has 2 rings (SSSR count). The lowest BCUT2D eigenvalue weighted by atomic mass is 10.3. The lowest BCUT2D eigenvalue weighted by molar-refractivity contribution is 0.981. The number of aromatic nitrogens is 3. The van der Waals surface area contributed by atoms with Gasteiger partial charge in [0.25, 0.3) is 0 Å². The van der Waals surface area contributed by atoms with Crippen molar-refractivity contribution in [2.75, 3.05) is 0 Å². The topological polar surface area (TPSA) is 30.2 Å². The van der Waals surface area contributed by atoms with Crippen molar-refractivity contribution >= 4 is 5.65 Å². The molecule has 13 heavy (non-hydrogen) atoms. The number of imidazole rings is 1. The van der Waals surface area contributed by atoms with Crippen LogP contribution >= 0.6 is 0 Å². The van der Waals surface area contributed by atoms with Crippen molar-refractivity contribution < 1.29 is 0 Å². The number of nitrogens with zero attached hydrogens (tertiary/aromatic N) is 3. The molecule has 0 aliphatic heterocycles. The number of fused-ring (bicyclic) bond motifs is 1. The molecule has 0 aliphatic carbocycles. The second-order valence-electron chi connectivity index (χ2n) is 2.42. The summed E-state index contributed by atoms with van der Waals surface area (Å²) in [5, 5.41) is 0. The van der Waals surface area contributed by atoms with Crippen LogP contribution in [0.2, 0.25) is 0 Å². The molecule has 0 saturated heterocycles. The first kappa shape index (κ1) is 9.71. The summed E-state index contributed by atoms with van der Waals surface area (Å²) in [5.41, 5.74) is 2.00. The fraction of sp³-hybridized carbons (Fsp3) is 0.400. The highest BCUT2D eigenvalue weighted by Crippen LogP contribution is 2.00. The summed E-state index contributed by atoms with van der Waals surface area (Å²) in [4.78, 5) is 8.31. The van der Waals surface area contributed by atoms with E-state index in [1.165, 1.54) is 0 Å². The highest BCUT2D eigenvalue weighted by Gasteiger charge is 1.94. The monoisotopic (exact) mass is 177 g/mol. The van der Waals surface area contributed by atoms with Crippen molar-refractivity contribution in [1.82, 2.24) is 14.4 Å². The van der Waals surface area contributed by atoms with Crippen molar-refractivity contribution in [3.63, 3.8) is 0 Å². The van der Waals surface area contributed by atoms with Crippen LogP contribution in [0.15, 0.2) is 24.8 Å². The van der Waals surface area contributed by atoms with Crippen LogP contribution in [0.4, 0.5) is 0 Å². The smallest absolute Gasteiger partial charge is 0.155 e. The molecule has 0 aromatic carbocycles. The molecule has 2 heterocycles. The molecule has 2 aromatic heterocycles. The highest BCUT2D eigenvalue weighted by molar-refractivity contribution is 5.34. The van der Waals surface area contributed by atoms with Crippen LogP contribution in [0.25, 0.3) is 5.65 Å². The Bertz CT molecular complexity index is 365. The van der Waals surface area contributed by atoms with E-state index < -0.39 is 0 Å². The third kappa shape index (κ3) is 2.05. The van der Waals surface area contributed by atoms with Gasteiger partial charge in [0.05, 0.1) is 11.9 Å². The van der Waals surface area contributed by atoms with Crippen LogP contribution in [-0.4, -0.2) is 14.4 Å². The maximum atomic E-state index is 4.21. The Morgan fingerprint density at radius 2 is 2.08 bits per heavy atom. The summed E-state index contributed by atoms with van der Waals surface area (Å²) in [6.45, 7) is 6.09. The molecule has 0 saturated carbocycles. The van der Waals surface area contributed by atoms with E-state index in [2.05, 4.69) is 16.9 Å². The van der Waals surface area contributed by atoms with E-state index in [0.29, 0.717) is 0 Å². The third-order valence-corrected chi connectivity index (χ3v) is 1.69. The molecule has 0 unspecified atom stereocenters. The Morgan fingerprint density at radius 3 is 2.77 bits per heavy atom. The molecular formula is C10H15N3. The Morgan fingerprint density at radius 1 is 1.31 bits per heavy atom. The fourth-order valence-corrected chi connectivity index (χ4v) is 1.05. The zero-order valence-corrected chi connectivity index (χ0v) is 8.36. The average molecular weight is 177 g/mol. The Kier molecular flexibility index (Phi) is 3.43. The van der Waals surface area contributed by atoms with Gasteiger partial charge in [0, 0.05) is 18.6 Å². The zero-order chi connectivity index (χ0) is 9.68. The second kappa shape index (κ2) is 4.60. The van der Waals surface area contributed by atoms with Gasteiger partial charge in [-0.15, -0.1) is 0 Å². The van der Waals surface area contributed by atoms with E-state index in [0.717, 1.165) is 17.8 Å². The predicted octanol–water partition coefficient (Wildman–Crippen LogP) is 2.32. The van der Waals surface area contributed by atoms with Crippen LogP contribution in [0.5, 0.6) is 0 Å². The van der Waals surface area contributed by atoms with Gasteiger partial charge in [0.2, 0.25) is 0 Å². The fourth-order valence-electron chi connectivity index (χ4n) is 1.05. The molecule has 0 aliphatic rings. The van der Waals surface area contributed by atoms with Crippen molar-refractivity contribution in [3.8, 4) is 0 Å². The second-order valence-corrected chi connectivity index (χ2v) is 2.42. The molecule has 0 fully saturated rings. The summed E-state index contributed by atoms with van der Waals surface area (Å²) in [6, 6.07) is 0. The molecule has 0 radical (unpaired) electrons. The molecule has 0 atom stereocenters. The average Bonchev–Trinajstić information content (AvgIpc) is 2.67. The van der Waals surface area contributed by atoms with Gasteiger partial charge < -0.3 is 4.40 Å². The normalized spacial score (nSPS) is 9.46. The van der Waals surface area contributed by atoms with Gasteiger partial charge in [-0.2, -0.15) is 0 Å². The Labute approximate surface area is 78.5 Å². The first-order chi connectivity index (χ1) is 6.40. The van der Waals surface area contributed by atoms with E-state index in [4.69, 9.17) is 0 Å². The molecule has 0 N–H and O–H groups in total. The van der Waals surface area contributed by atoms with Gasteiger partial charge in [-0.05, 0) is 6.42 Å². The molecule has 70 valence electrons. The number of hydrogen-bond donors (Lipinski definition) is 0. The number of rotatable bonds is 1. The van der Waals surface area contributed by atoms with Gasteiger partial charge in [-0.3, -0.25) is 4.98 Å². The minimum Gasteiger partial charge on any atom is -0.304 e. The standard InChI is InChI=1S/C8H9N3.C2H6/c1-2-7-6-11-4-3-9-8(11)5-10-7;1-2/h3-6H,2H2,1H3;1-2H3. The van der Waals surface area contributed by atoms with Crippen molar-refractivity contribution in [2.45, 2.75) is 27.2 Å². The van der Waals surface area contributed by atoms with Crippen LogP contribution in [0.1, 0.15) is 26.5 Å². The Balaban J connectivity index is 0.000000396. The minimum absolute atomic E-state index is 0.905. The van der Waals surface area contributed by atoms with E-state index in [1.54, 1.807) is 12.4 Å². The summed E-state index contributed by atoms with van der Waals surface area (Å²) in [5.74, 6) is 0. The molecule has 0 spiro atoms. The SMILES string of the molecule is CC.CCc1cn2ccnc2cn1. The molecule has 3 nitrogen and oxygen atoms in total. The number of aryl methyl sites for hydroxylation is 1. The Hall–Kier alpha value is -1.38. The van der Waals surface area contributed by atoms with E-state index in [9.17, 15) is 0 Å². The van der Waals surface area contributed by atoms with Gasteiger partial charge in [-0.1, -0.05) is 20.8 Å². The maximum absolute atomic E-state index is 4.21. The molecule has 0 amide bonds. The maximum Gasteiger partial charge on any atom is 0.155 e. The highest BCUT2D eigenvalue weighted by atomic mass is 15.0. The van der Waals surface area contributed by atoms with Crippen LogP contribution < -0.4 is 0 Å².